The van der Waals surface area contributed by atoms with Crippen LogP contribution in [0.2, 0.25) is 0 Å². The minimum atomic E-state index is -4.49. The van der Waals surface area contributed by atoms with Gasteiger partial charge in [-0.15, -0.1) is 0 Å². The second-order valence-corrected chi connectivity index (χ2v) is 7.16. The van der Waals surface area contributed by atoms with Gasteiger partial charge in [0.2, 0.25) is 0 Å². The van der Waals surface area contributed by atoms with E-state index in [1.807, 2.05) is 0 Å². The Hall–Kier alpha value is -3.36. The van der Waals surface area contributed by atoms with Crippen LogP contribution in [-0.4, -0.2) is 17.4 Å². The second kappa shape index (κ2) is 9.42. The van der Waals surface area contributed by atoms with Gasteiger partial charge in [0.15, 0.2) is 0 Å². The van der Waals surface area contributed by atoms with Crippen LogP contribution in [0.1, 0.15) is 38.5 Å². The molecule has 9 heteroatoms. The van der Waals surface area contributed by atoms with E-state index in [4.69, 9.17) is 0 Å². The lowest BCUT2D eigenvalue weighted by atomic mass is 9.90. The first-order chi connectivity index (χ1) is 15.0. The van der Waals surface area contributed by atoms with Crippen molar-refractivity contribution in [2.75, 3.05) is 6.54 Å². The molecule has 3 aromatic rings. The summed E-state index contributed by atoms with van der Waals surface area (Å²) in [5.74, 6) is -0.850. The number of hydrogen-bond donors (Lipinski definition) is 1. The predicted octanol–water partition coefficient (Wildman–Crippen LogP) is 5.88. The number of hydrogen-bond acceptors (Lipinski definition) is 2. The molecule has 0 saturated carbocycles. The van der Waals surface area contributed by atoms with Crippen LogP contribution < -0.4 is 5.32 Å². The number of alkyl halides is 6. The quantitative estimate of drug-likeness (QED) is 0.475. The second-order valence-electron chi connectivity index (χ2n) is 7.16. The summed E-state index contributed by atoms with van der Waals surface area (Å²) in [6, 6.07) is 12.1. The van der Waals surface area contributed by atoms with E-state index >= 15 is 0 Å². The smallest absolute Gasteiger partial charge is 0.351 e. The molecule has 0 aliphatic heterocycles. The number of rotatable bonds is 6. The van der Waals surface area contributed by atoms with Crippen molar-refractivity contribution in [2.45, 2.75) is 24.7 Å². The number of benzene rings is 2. The van der Waals surface area contributed by atoms with Crippen molar-refractivity contribution in [3.05, 3.63) is 101 Å². The number of amides is 1. The molecule has 1 unspecified atom stereocenters. The van der Waals surface area contributed by atoms with Gasteiger partial charge in [0.25, 0.3) is 5.91 Å². The van der Waals surface area contributed by atoms with Crippen molar-refractivity contribution in [3.63, 3.8) is 0 Å². The van der Waals surface area contributed by atoms with Crippen molar-refractivity contribution in [1.82, 2.24) is 10.3 Å². The minimum Gasteiger partial charge on any atom is -0.351 e. The maximum atomic E-state index is 12.9. The molecule has 1 atom stereocenters. The van der Waals surface area contributed by atoms with Gasteiger partial charge in [0.1, 0.15) is 0 Å². The lowest BCUT2D eigenvalue weighted by Crippen LogP contribution is -2.29. The Bertz CT molecular complexity index is 1030. The Morgan fingerprint density at radius 1 is 0.781 bits per heavy atom. The average Bonchev–Trinajstić information content (AvgIpc) is 2.76. The Morgan fingerprint density at radius 2 is 1.28 bits per heavy atom. The average molecular weight is 452 g/mol. The highest BCUT2D eigenvalue weighted by Crippen LogP contribution is 2.32. The molecule has 0 bridgehead atoms. The molecule has 0 aliphatic carbocycles. The van der Waals surface area contributed by atoms with E-state index in [9.17, 15) is 31.1 Å². The summed E-state index contributed by atoms with van der Waals surface area (Å²) in [5, 5.41) is 2.73. The van der Waals surface area contributed by atoms with E-state index in [0.717, 1.165) is 24.3 Å². The van der Waals surface area contributed by atoms with Gasteiger partial charge >= 0.3 is 12.4 Å². The van der Waals surface area contributed by atoms with Crippen LogP contribution in [0.5, 0.6) is 0 Å². The monoisotopic (exact) mass is 452 g/mol. The van der Waals surface area contributed by atoms with Crippen molar-refractivity contribution in [1.29, 1.82) is 0 Å². The summed E-state index contributed by atoms with van der Waals surface area (Å²) < 4.78 is 77.1. The fourth-order valence-corrected chi connectivity index (χ4v) is 3.19. The molecule has 0 fully saturated rings. The molecule has 1 aromatic heterocycles. The third kappa shape index (κ3) is 6.09. The van der Waals surface area contributed by atoms with Crippen LogP contribution in [0.15, 0.2) is 73.1 Å². The predicted molar refractivity (Wildman–Crippen MR) is 106 cm³/mol. The Labute approximate surface area is 180 Å². The molecule has 3 rings (SSSR count). The summed E-state index contributed by atoms with van der Waals surface area (Å²) in [5.41, 5.74) is -0.164. The van der Waals surface area contributed by atoms with Crippen LogP contribution in [-0.2, 0) is 18.8 Å². The molecule has 1 amide bonds. The topological polar surface area (TPSA) is 42.0 Å². The standard InChI is InChI=1S/C23H18F6N2O/c24-22(25,26)19-5-1-15(2-6-19)13-18(14-31-21(32)17-9-11-30-12-10-17)16-3-7-20(8-4-16)23(27,28)29/h1-12,18H,13-14H2,(H,31,32). The molecule has 1 heterocycles. The maximum absolute atomic E-state index is 12.9. The van der Waals surface area contributed by atoms with Crippen molar-refractivity contribution in [3.8, 4) is 0 Å². The van der Waals surface area contributed by atoms with Gasteiger partial charge in [-0.2, -0.15) is 26.3 Å². The third-order valence-electron chi connectivity index (χ3n) is 4.92. The molecule has 2 aromatic carbocycles. The van der Waals surface area contributed by atoms with E-state index in [1.54, 1.807) is 0 Å². The number of nitrogens with one attached hydrogen (secondary N) is 1. The van der Waals surface area contributed by atoms with E-state index in [1.165, 1.54) is 48.8 Å². The van der Waals surface area contributed by atoms with Crippen LogP contribution in [0.25, 0.3) is 0 Å². The van der Waals surface area contributed by atoms with Crippen molar-refractivity contribution in [2.24, 2.45) is 0 Å². The van der Waals surface area contributed by atoms with Crippen LogP contribution >= 0.6 is 0 Å². The molecule has 0 radical (unpaired) electrons. The van der Waals surface area contributed by atoms with E-state index in [-0.39, 0.29) is 13.0 Å². The number of nitrogens with zero attached hydrogens (tertiary/aromatic N) is 1. The molecule has 3 nitrogen and oxygen atoms in total. The summed E-state index contributed by atoms with van der Waals surface area (Å²) in [7, 11) is 0. The molecule has 32 heavy (non-hydrogen) atoms. The highest BCUT2D eigenvalue weighted by Gasteiger charge is 2.31. The lowest BCUT2D eigenvalue weighted by molar-refractivity contribution is -0.138. The zero-order chi connectivity index (χ0) is 23.4. The van der Waals surface area contributed by atoms with Crippen molar-refractivity contribution >= 4 is 5.91 Å². The van der Waals surface area contributed by atoms with Gasteiger partial charge < -0.3 is 5.32 Å². The Kier molecular flexibility index (Phi) is 6.86. The first-order valence-electron chi connectivity index (χ1n) is 9.55. The van der Waals surface area contributed by atoms with Gasteiger partial charge in [-0.25, -0.2) is 0 Å². The lowest BCUT2D eigenvalue weighted by Gasteiger charge is -2.20. The molecule has 168 valence electrons. The normalized spacial score (nSPS) is 12.9. The van der Waals surface area contributed by atoms with Gasteiger partial charge in [-0.1, -0.05) is 24.3 Å². The molecular weight excluding hydrogens is 434 g/mol. The van der Waals surface area contributed by atoms with Gasteiger partial charge in [-0.05, 0) is 53.9 Å². The van der Waals surface area contributed by atoms with Gasteiger partial charge in [0, 0.05) is 30.4 Å². The summed E-state index contributed by atoms with van der Waals surface area (Å²) in [4.78, 5) is 16.2. The first-order valence-corrected chi connectivity index (χ1v) is 9.55. The van der Waals surface area contributed by atoms with Crippen LogP contribution in [0.4, 0.5) is 26.3 Å². The fraction of sp³-hybridized carbons (Fsp3) is 0.217. The molecule has 0 aliphatic rings. The van der Waals surface area contributed by atoms with Crippen molar-refractivity contribution < 1.29 is 31.1 Å². The fourth-order valence-electron chi connectivity index (χ4n) is 3.19. The summed E-state index contributed by atoms with van der Waals surface area (Å²) in [6.07, 6.45) is -5.84. The Balaban J connectivity index is 1.81. The van der Waals surface area contributed by atoms with E-state index in [2.05, 4.69) is 10.3 Å². The third-order valence-corrected chi connectivity index (χ3v) is 4.92. The maximum Gasteiger partial charge on any atom is 0.416 e. The molecule has 0 spiro atoms. The summed E-state index contributed by atoms with van der Waals surface area (Å²) >= 11 is 0. The van der Waals surface area contributed by atoms with E-state index < -0.39 is 35.3 Å². The highest BCUT2D eigenvalue weighted by molar-refractivity contribution is 5.94. The SMILES string of the molecule is O=C(NCC(Cc1ccc(C(F)(F)F)cc1)c1ccc(C(F)(F)F)cc1)c1ccncc1. The van der Waals surface area contributed by atoms with Crippen LogP contribution in [0, 0.1) is 0 Å². The molecular formula is C23H18F6N2O. The number of pyridine rings is 1. The van der Waals surface area contributed by atoms with Crippen LogP contribution in [0.3, 0.4) is 0 Å². The van der Waals surface area contributed by atoms with Gasteiger partial charge in [-0.3, -0.25) is 9.78 Å². The molecule has 1 N–H and O–H groups in total. The molecule has 0 saturated heterocycles. The largest absolute Gasteiger partial charge is 0.416 e. The first kappa shape index (κ1) is 23.3. The number of carbonyl (C=O) groups excluding carboxylic acids is 1. The van der Waals surface area contributed by atoms with Gasteiger partial charge in [0.05, 0.1) is 11.1 Å². The highest BCUT2D eigenvalue weighted by atomic mass is 19.4. The number of aromatic nitrogens is 1. The zero-order valence-corrected chi connectivity index (χ0v) is 16.5. The van der Waals surface area contributed by atoms with E-state index in [0.29, 0.717) is 16.7 Å². The number of carbonyl (C=O) groups is 1. The number of halogens is 6. The summed E-state index contributed by atoms with van der Waals surface area (Å²) in [6.45, 7) is 0.0769. The minimum absolute atomic E-state index is 0.0769. The zero-order valence-electron chi connectivity index (χ0n) is 16.5. The Morgan fingerprint density at radius 3 is 1.78 bits per heavy atom.